The van der Waals surface area contributed by atoms with E-state index < -0.39 is 4.92 Å². The van der Waals surface area contributed by atoms with Crippen molar-refractivity contribution in [3.8, 4) is 11.5 Å². The summed E-state index contributed by atoms with van der Waals surface area (Å²) in [5.41, 5.74) is -0.370. The molecule has 1 heterocycles. The zero-order valence-electron chi connectivity index (χ0n) is 12.1. The van der Waals surface area contributed by atoms with Gasteiger partial charge < -0.3 is 14.0 Å². The van der Waals surface area contributed by atoms with E-state index in [4.69, 9.17) is 9.47 Å². The number of hydrogen-bond acceptors (Lipinski definition) is 5. The zero-order valence-corrected chi connectivity index (χ0v) is 12.1. The third-order valence-electron chi connectivity index (χ3n) is 3.05. The first-order chi connectivity index (χ1) is 10.6. The summed E-state index contributed by atoms with van der Waals surface area (Å²) in [7, 11) is 1.59. The van der Waals surface area contributed by atoms with Gasteiger partial charge in [0, 0.05) is 18.7 Å². The van der Waals surface area contributed by atoms with Gasteiger partial charge in [0.05, 0.1) is 24.8 Å². The summed E-state index contributed by atoms with van der Waals surface area (Å²) in [6.07, 6.45) is 1.81. The Bertz CT molecular complexity index is 694. The Balaban J connectivity index is 1.87. The first kappa shape index (κ1) is 15.6. The van der Waals surface area contributed by atoms with Gasteiger partial charge in [-0.15, -0.1) is 0 Å². The molecule has 0 spiro atoms. The van der Waals surface area contributed by atoms with Crippen LogP contribution in [0.4, 0.5) is 5.69 Å². The normalized spacial score (nSPS) is 10.2. The number of pyridine rings is 1. The van der Waals surface area contributed by atoms with Crippen LogP contribution in [0.15, 0.2) is 47.4 Å². The van der Waals surface area contributed by atoms with Crippen molar-refractivity contribution in [3.63, 3.8) is 0 Å². The molecule has 0 atom stereocenters. The molecular formula is C15H16N2O5. The molecule has 0 amide bonds. The van der Waals surface area contributed by atoms with Crippen LogP contribution in [0.5, 0.6) is 11.5 Å². The number of benzene rings is 1. The van der Waals surface area contributed by atoms with Crippen LogP contribution in [0.25, 0.3) is 0 Å². The van der Waals surface area contributed by atoms with Crippen molar-refractivity contribution in [1.82, 2.24) is 4.57 Å². The maximum absolute atomic E-state index is 11.6. The molecule has 0 aliphatic rings. The quantitative estimate of drug-likeness (QED) is 0.445. The molecular weight excluding hydrogens is 288 g/mol. The van der Waals surface area contributed by atoms with E-state index >= 15 is 0 Å². The van der Waals surface area contributed by atoms with E-state index in [2.05, 4.69) is 0 Å². The van der Waals surface area contributed by atoms with Crippen LogP contribution >= 0.6 is 0 Å². The Morgan fingerprint density at radius 3 is 2.45 bits per heavy atom. The van der Waals surface area contributed by atoms with Crippen LogP contribution in [0.1, 0.15) is 6.42 Å². The first-order valence-electron chi connectivity index (χ1n) is 6.72. The fraction of sp³-hybridized carbons (Fsp3) is 0.267. The maximum atomic E-state index is 11.6. The second kappa shape index (κ2) is 7.26. The van der Waals surface area contributed by atoms with Crippen molar-refractivity contribution < 1.29 is 14.4 Å². The third kappa shape index (κ3) is 4.08. The van der Waals surface area contributed by atoms with E-state index in [9.17, 15) is 14.9 Å². The van der Waals surface area contributed by atoms with Crippen LogP contribution in [0.3, 0.4) is 0 Å². The number of nitrogens with zero attached hydrogens (tertiary/aromatic N) is 2. The molecule has 116 valence electrons. The zero-order chi connectivity index (χ0) is 15.9. The molecule has 1 aromatic heterocycles. The van der Waals surface area contributed by atoms with Crippen molar-refractivity contribution in [2.75, 3.05) is 13.7 Å². The number of aryl methyl sites for hydroxylation is 1. The lowest BCUT2D eigenvalue weighted by molar-refractivity contribution is -0.385. The largest absolute Gasteiger partial charge is 0.497 e. The average molecular weight is 304 g/mol. The standard InChI is InChI=1S/C15H16N2O5/c1-21-13-4-6-14(7-5-13)22-10-2-9-16-11-12(17(19)20)3-8-15(16)18/h3-8,11H,2,9-10H2,1H3. The summed E-state index contributed by atoms with van der Waals surface area (Å²) >= 11 is 0. The minimum atomic E-state index is -0.524. The summed E-state index contributed by atoms with van der Waals surface area (Å²) in [5, 5.41) is 10.7. The molecule has 0 saturated carbocycles. The van der Waals surface area contributed by atoms with E-state index in [0.29, 0.717) is 25.3 Å². The molecule has 1 aromatic carbocycles. The highest BCUT2D eigenvalue weighted by molar-refractivity contribution is 5.31. The van der Waals surface area contributed by atoms with Gasteiger partial charge in [-0.3, -0.25) is 14.9 Å². The van der Waals surface area contributed by atoms with Gasteiger partial charge in [0.1, 0.15) is 11.5 Å². The Morgan fingerprint density at radius 2 is 1.82 bits per heavy atom. The number of aromatic nitrogens is 1. The Morgan fingerprint density at radius 1 is 1.14 bits per heavy atom. The van der Waals surface area contributed by atoms with Crippen LogP contribution in [0, 0.1) is 10.1 Å². The third-order valence-corrected chi connectivity index (χ3v) is 3.05. The van der Waals surface area contributed by atoms with Gasteiger partial charge in [-0.05, 0) is 30.7 Å². The van der Waals surface area contributed by atoms with Gasteiger partial charge in [-0.1, -0.05) is 0 Å². The molecule has 0 fully saturated rings. The number of methoxy groups -OCH3 is 1. The molecule has 2 aromatic rings. The van der Waals surface area contributed by atoms with Crippen LogP contribution < -0.4 is 15.0 Å². The summed E-state index contributed by atoms with van der Waals surface area (Å²) < 4.78 is 11.9. The van der Waals surface area contributed by atoms with E-state index in [-0.39, 0.29) is 11.2 Å². The summed E-state index contributed by atoms with van der Waals surface area (Å²) in [5.74, 6) is 1.45. The Hall–Kier alpha value is -2.83. The lowest BCUT2D eigenvalue weighted by atomic mass is 10.3. The van der Waals surface area contributed by atoms with Crippen LogP contribution in [-0.4, -0.2) is 23.2 Å². The number of hydrogen-bond donors (Lipinski definition) is 0. The van der Waals surface area contributed by atoms with Crippen molar-refractivity contribution >= 4 is 5.69 Å². The molecule has 0 unspecified atom stereocenters. The fourth-order valence-electron chi connectivity index (χ4n) is 1.90. The first-order valence-corrected chi connectivity index (χ1v) is 6.72. The van der Waals surface area contributed by atoms with Gasteiger partial charge in [0.15, 0.2) is 0 Å². The predicted molar refractivity (Wildman–Crippen MR) is 80.5 cm³/mol. The highest BCUT2D eigenvalue weighted by atomic mass is 16.6. The predicted octanol–water partition coefficient (Wildman–Crippen LogP) is 2.23. The molecule has 0 aliphatic carbocycles. The topological polar surface area (TPSA) is 83.6 Å². The number of rotatable bonds is 7. The van der Waals surface area contributed by atoms with E-state index in [0.717, 1.165) is 5.75 Å². The molecule has 0 radical (unpaired) electrons. The smallest absolute Gasteiger partial charge is 0.285 e. The second-order valence-electron chi connectivity index (χ2n) is 4.55. The van der Waals surface area contributed by atoms with Crippen molar-refractivity contribution in [3.05, 3.63) is 63.1 Å². The molecule has 0 N–H and O–H groups in total. The number of ether oxygens (including phenoxy) is 2. The lowest BCUT2D eigenvalue weighted by Crippen LogP contribution is -2.20. The Kier molecular flexibility index (Phi) is 5.13. The van der Waals surface area contributed by atoms with E-state index in [1.54, 1.807) is 31.4 Å². The minimum absolute atomic E-state index is 0.101. The second-order valence-corrected chi connectivity index (χ2v) is 4.55. The van der Waals surface area contributed by atoms with Crippen molar-refractivity contribution in [1.29, 1.82) is 0 Å². The van der Waals surface area contributed by atoms with Gasteiger partial charge in [-0.25, -0.2) is 0 Å². The lowest BCUT2D eigenvalue weighted by Gasteiger charge is -2.08. The average Bonchev–Trinajstić information content (AvgIpc) is 2.53. The van der Waals surface area contributed by atoms with Gasteiger partial charge >= 0.3 is 0 Å². The number of nitro groups is 1. The molecule has 0 saturated heterocycles. The molecule has 0 bridgehead atoms. The highest BCUT2D eigenvalue weighted by Crippen LogP contribution is 2.17. The molecule has 2 rings (SSSR count). The maximum Gasteiger partial charge on any atom is 0.285 e. The molecule has 0 aliphatic heterocycles. The van der Waals surface area contributed by atoms with Crippen LogP contribution in [-0.2, 0) is 6.54 Å². The van der Waals surface area contributed by atoms with E-state index in [1.165, 1.54) is 22.9 Å². The molecule has 22 heavy (non-hydrogen) atoms. The monoisotopic (exact) mass is 304 g/mol. The summed E-state index contributed by atoms with van der Waals surface area (Å²) in [6.45, 7) is 0.762. The highest BCUT2D eigenvalue weighted by Gasteiger charge is 2.07. The minimum Gasteiger partial charge on any atom is -0.497 e. The molecule has 7 nitrogen and oxygen atoms in total. The van der Waals surface area contributed by atoms with Gasteiger partial charge in [0.25, 0.3) is 11.2 Å². The fourth-order valence-corrected chi connectivity index (χ4v) is 1.90. The van der Waals surface area contributed by atoms with E-state index in [1.807, 2.05) is 0 Å². The van der Waals surface area contributed by atoms with Crippen molar-refractivity contribution in [2.24, 2.45) is 0 Å². The van der Waals surface area contributed by atoms with Crippen LogP contribution in [0.2, 0.25) is 0 Å². The van der Waals surface area contributed by atoms with Crippen molar-refractivity contribution in [2.45, 2.75) is 13.0 Å². The van der Waals surface area contributed by atoms with Gasteiger partial charge in [-0.2, -0.15) is 0 Å². The SMILES string of the molecule is COc1ccc(OCCCn2cc([N+](=O)[O-])ccc2=O)cc1. The Labute approximate surface area is 126 Å². The summed E-state index contributed by atoms with van der Waals surface area (Å²) in [6, 6.07) is 9.56. The molecule has 7 heteroatoms. The van der Waals surface area contributed by atoms with Gasteiger partial charge in [0.2, 0.25) is 0 Å². The summed E-state index contributed by atoms with van der Waals surface area (Å²) in [4.78, 5) is 21.8.